The van der Waals surface area contributed by atoms with E-state index in [1.54, 1.807) is 42.5 Å². The van der Waals surface area contributed by atoms with Gasteiger partial charge in [-0.05, 0) is 55.5 Å². The molecule has 150 valence electrons. The van der Waals surface area contributed by atoms with Gasteiger partial charge in [-0.3, -0.25) is 0 Å². The van der Waals surface area contributed by atoms with Crippen LogP contribution in [0.1, 0.15) is 17.3 Å². The van der Waals surface area contributed by atoms with E-state index < -0.39 is 12.0 Å². The van der Waals surface area contributed by atoms with Crippen LogP contribution in [0, 0.1) is 0 Å². The van der Waals surface area contributed by atoms with Gasteiger partial charge in [-0.25, -0.2) is 14.6 Å². The molecule has 2 amide bonds. The van der Waals surface area contributed by atoms with E-state index in [1.807, 2.05) is 48.5 Å². The first-order valence-corrected chi connectivity index (χ1v) is 10.3. The summed E-state index contributed by atoms with van der Waals surface area (Å²) in [6.45, 7) is 2.00. The van der Waals surface area contributed by atoms with Gasteiger partial charge in [0.05, 0.1) is 28.1 Å². The molecular formula is C23H19N3O3S. The van der Waals surface area contributed by atoms with Gasteiger partial charge < -0.3 is 15.4 Å². The van der Waals surface area contributed by atoms with Crippen LogP contribution in [-0.4, -0.2) is 23.6 Å². The summed E-state index contributed by atoms with van der Waals surface area (Å²) in [6.07, 6.45) is 0. The number of hydrogen-bond acceptors (Lipinski definition) is 5. The maximum Gasteiger partial charge on any atom is 0.340 e. The summed E-state index contributed by atoms with van der Waals surface area (Å²) in [5, 5.41) is 6.40. The lowest BCUT2D eigenvalue weighted by Crippen LogP contribution is -2.21. The molecule has 0 unspecified atom stereocenters. The number of nitrogens with zero attached hydrogens (tertiary/aromatic N) is 1. The van der Waals surface area contributed by atoms with Gasteiger partial charge in [-0.1, -0.05) is 24.3 Å². The summed E-state index contributed by atoms with van der Waals surface area (Å²) < 4.78 is 6.16. The molecule has 0 aliphatic heterocycles. The fourth-order valence-electron chi connectivity index (χ4n) is 2.96. The van der Waals surface area contributed by atoms with Crippen LogP contribution in [0.4, 0.5) is 16.2 Å². The van der Waals surface area contributed by atoms with Gasteiger partial charge in [-0.2, -0.15) is 0 Å². The van der Waals surface area contributed by atoms with Crippen molar-refractivity contribution in [2.45, 2.75) is 6.92 Å². The molecule has 7 heteroatoms. The van der Waals surface area contributed by atoms with Crippen molar-refractivity contribution < 1.29 is 14.3 Å². The Hall–Kier alpha value is -3.71. The summed E-state index contributed by atoms with van der Waals surface area (Å²) in [4.78, 5) is 29.1. The molecule has 1 aromatic heterocycles. The maximum absolute atomic E-state index is 12.4. The molecule has 0 aliphatic carbocycles. The molecule has 0 bridgehead atoms. The number of carbonyl (C=O) groups excluding carboxylic acids is 2. The number of thiazole rings is 1. The number of benzene rings is 3. The van der Waals surface area contributed by atoms with Crippen LogP contribution in [0.15, 0.2) is 72.8 Å². The van der Waals surface area contributed by atoms with E-state index in [-0.39, 0.29) is 6.61 Å². The maximum atomic E-state index is 12.4. The summed E-state index contributed by atoms with van der Waals surface area (Å²) in [5.41, 5.74) is 3.28. The second-order valence-electron chi connectivity index (χ2n) is 6.41. The van der Waals surface area contributed by atoms with Crippen LogP contribution in [0.2, 0.25) is 0 Å². The molecule has 2 N–H and O–H groups in total. The number of amides is 2. The Labute approximate surface area is 177 Å². The van der Waals surface area contributed by atoms with Gasteiger partial charge in [-0.15, -0.1) is 11.3 Å². The summed E-state index contributed by atoms with van der Waals surface area (Å²) in [6, 6.07) is 21.8. The third-order valence-corrected chi connectivity index (χ3v) is 5.44. The molecular weight excluding hydrogens is 398 g/mol. The zero-order valence-corrected chi connectivity index (χ0v) is 17.0. The van der Waals surface area contributed by atoms with Crippen LogP contribution in [0.25, 0.3) is 20.8 Å². The highest BCUT2D eigenvalue weighted by Gasteiger charge is 2.14. The number of esters is 1. The third-order valence-electron chi connectivity index (χ3n) is 4.35. The predicted molar refractivity (Wildman–Crippen MR) is 120 cm³/mol. The molecule has 1 heterocycles. The molecule has 0 spiro atoms. The van der Waals surface area contributed by atoms with Crippen molar-refractivity contribution in [1.29, 1.82) is 0 Å². The average Bonchev–Trinajstić information content (AvgIpc) is 3.19. The first kappa shape index (κ1) is 19.6. The highest BCUT2D eigenvalue weighted by molar-refractivity contribution is 7.21. The number of hydrogen-bond donors (Lipinski definition) is 2. The highest BCUT2D eigenvalue weighted by Crippen LogP contribution is 2.30. The van der Waals surface area contributed by atoms with E-state index in [0.29, 0.717) is 16.9 Å². The Morgan fingerprint density at radius 1 is 0.933 bits per heavy atom. The molecule has 0 fully saturated rings. The minimum absolute atomic E-state index is 0.264. The molecule has 4 aromatic rings. The monoisotopic (exact) mass is 417 g/mol. The molecule has 4 rings (SSSR count). The van der Waals surface area contributed by atoms with E-state index >= 15 is 0 Å². The number of aromatic nitrogens is 1. The predicted octanol–water partition coefficient (Wildman–Crippen LogP) is 5.78. The van der Waals surface area contributed by atoms with Crippen LogP contribution >= 0.6 is 11.3 Å². The Kier molecular flexibility index (Phi) is 5.72. The van der Waals surface area contributed by atoms with Crippen molar-refractivity contribution in [2.75, 3.05) is 17.2 Å². The Balaban J connectivity index is 1.45. The number of fused-ring (bicyclic) bond motifs is 1. The van der Waals surface area contributed by atoms with Crippen LogP contribution < -0.4 is 10.6 Å². The van der Waals surface area contributed by atoms with Crippen molar-refractivity contribution in [2.24, 2.45) is 0 Å². The van der Waals surface area contributed by atoms with Gasteiger partial charge in [0.2, 0.25) is 0 Å². The van der Waals surface area contributed by atoms with Crippen LogP contribution in [0.5, 0.6) is 0 Å². The minimum Gasteiger partial charge on any atom is -0.462 e. The van der Waals surface area contributed by atoms with Gasteiger partial charge in [0.25, 0.3) is 0 Å². The zero-order chi connectivity index (χ0) is 20.9. The van der Waals surface area contributed by atoms with Crippen molar-refractivity contribution in [1.82, 2.24) is 4.98 Å². The van der Waals surface area contributed by atoms with E-state index in [4.69, 9.17) is 4.74 Å². The lowest BCUT2D eigenvalue weighted by molar-refractivity contribution is 0.0527. The summed E-state index contributed by atoms with van der Waals surface area (Å²) >= 11 is 1.63. The molecule has 3 aromatic carbocycles. The number of carbonyl (C=O) groups is 2. The number of rotatable bonds is 5. The minimum atomic E-state index is -0.478. The van der Waals surface area contributed by atoms with Crippen LogP contribution in [-0.2, 0) is 4.74 Å². The Morgan fingerprint density at radius 3 is 2.43 bits per heavy atom. The normalized spacial score (nSPS) is 10.6. The Morgan fingerprint density at radius 2 is 1.67 bits per heavy atom. The second-order valence-corrected chi connectivity index (χ2v) is 7.44. The molecule has 0 atom stereocenters. The van der Waals surface area contributed by atoms with Gasteiger partial charge >= 0.3 is 12.0 Å². The lowest BCUT2D eigenvalue weighted by Gasteiger charge is -2.11. The largest absolute Gasteiger partial charge is 0.462 e. The van der Waals surface area contributed by atoms with E-state index in [9.17, 15) is 9.59 Å². The molecule has 0 aliphatic rings. The van der Waals surface area contributed by atoms with Crippen molar-refractivity contribution in [3.8, 4) is 10.6 Å². The first-order valence-electron chi connectivity index (χ1n) is 9.44. The van der Waals surface area contributed by atoms with E-state index in [1.165, 1.54) is 0 Å². The SMILES string of the molecule is CCOC(=O)c1ccccc1NC(=O)Nc1ccc(-c2nc3ccccc3s2)cc1. The van der Waals surface area contributed by atoms with Gasteiger partial charge in [0.15, 0.2) is 0 Å². The fraction of sp³-hybridized carbons (Fsp3) is 0.0870. The topological polar surface area (TPSA) is 80.3 Å². The quantitative estimate of drug-likeness (QED) is 0.403. The molecule has 30 heavy (non-hydrogen) atoms. The van der Waals surface area contributed by atoms with Crippen molar-refractivity contribution in [3.05, 3.63) is 78.4 Å². The smallest absolute Gasteiger partial charge is 0.340 e. The Bertz CT molecular complexity index is 1170. The number of nitrogens with one attached hydrogen (secondary N) is 2. The van der Waals surface area contributed by atoms with Gasteiger partial charge in [0.1, 0.15) is 5.01 Å². The number of ether oxygens (including phenoxy) is 1. The zero-order valence-electron chi connectivity index (χ0n) is 16.2. The molecule has 6 nitrogen and oxygen atoms in total. The second kappa shape index (κ2) is 8.75. The molecule has 0 saturated carbocycles. The summed E-state index contributed by atoms with van der Waals surface area (Å²) in [5.74, 6) is -0.478. The summed E-state index contributed by atoms with van der Waals surface area (Å²) in [7, 11) is 0. The highest BCUT2D eigenvalue weighted by atomic mass is 32.1. The third kappa shape index (κ3) is 4.31. The molecule has 0 radical (unpaired) electrons. The molecule has 0 saturated heterocycles. The average molecular weight is 417 g/mol. The van der Waals surface area contributed by atoms with Crippen LogP contribution in [0.3, 0.4) is 0 Å². The lowest BCUT2D eigenvalue weighted by atomic mass is 10.2. The van der Waals surface area contributed by atoms with Gasteiger partial charge in [0, 0.05) is 11.3 Å². The van der Waals surface area contributed by atoms with Crippen molar-refractivity contribution in [3.63, 3.8) is 0 Å². The van der Waals surface area contributed by atoms with Crippen molar-refractivity contribution >= 4 is 44.9 Å². The fourth-order valence-corrected chi connectivity index (χ4v) is 3.93. The first-order chi connectivity index (χ1) is 14.6. The number of para-hydroxylation sites is 2. The van der Waals surface area contributed by atoms with E-state index in [2.05, 4.69) is 15.6 Å². The van der Waals surface area contributed by atoms with E-state index in [0.717, 1.165) is 20.8 Å². The number of anilines is 2. The number of urea groups is 1. The standard InChI is InChI=1S/C23H19N3O3S/c1-2-29-22(27)17-7-3-4-8-18(17)26-23(28)24-16-13-11-15(12-14-16)21-25-19-9-5-6-10-20(19)30-21/h3-14H,2H2,1H3,(H2,24,26,28).